The Hall–Kier alpha value is -1.34. The maximum absolute atomic E-state index is 11.4. The molecule has 0 saturated heterocycles. The SMILES string of the molecule is COC(=O)c1ccc(C#N)c(CBr)c1C. The second-order valence-electron chi connectivity index (χ2n) is 3.00. The van der Waals surface area contributed by atoms with Crippen LogP contribution in [0, 0.1) is 18.3 Å². The first-order chi connectivity index (χ1) is 7.15. The van der Waals surface area contributed by atoms with E-state index in [2.05, 4.69) is 26.7 Å². The number of hydrogen-bond acceptors (Lipinski definition) is 3. The molecule has 0 aliphatic heterocycles. The molecule has 0 radical (unpaired) electrons. The number of halogens is 1. The fraction of sp³-hybridized carbons (Fsp3) is 0.273. The molecule has 15 heavy (non-hydrogen) atoms. The third kappa shape index (κ3) is 2.18. The minimum atomic E-state index is -0.376. The number of carbonyl (C=O) groups is 1. The van der Waals surface area contributed by atoms with Gasteiger partial charge in [-0.2, -0.15) is 5.26 Å². The highest BCUT2D eigenvalue weighted by molar-refractivity contribution is 9.08. The number of alkyl halides is 1. The molecule has 4 heteroatoms. The lowest BCUT2D eigenvalue weighted by Crippen LogP contribution is -2.06. The molecule has 0 bridgehead atoms. The van der Waals surface area contributed by atoms with Crippen molar-refractivity contribution < 1.29 is 9.53 Å². The Labute approximate surface area is 96.8 Å². The average molecular weight is 268 g/mol. The summed E-state index contributed by atoms with van der Waals surface area (Å²) < 4.78 is 4.65. The van der Waals surface area contributed by atoms with Crippen LogP contribution in [0.1, 0.15) is 27.0 Å². The summed E-state index contributed by atoms with van der Waals surface area (Å²) in [4.78, 5) is 11.4. The normalized spacial score (nSPS) is 9.47. The Kier molecular flexibility index (Phi) is 3.87. The maximum atomic E-state index is 11.4. The van der Waals surface area contributed by atoms with Crippen molar-refractivity contribution in [2.24, 2.45) is 0 Å². The van der Waals surface area contributed by atoms with Crippen molar-refractivity contribution in [3.63, 3.8) is 0 Å². The van der Waals surface area contributed by atoms with E-state index in [1.54, 1.807) is 12.1 Å². The van der Waals surface area contributed by atoms with Crippen LogP contribution in [0.25, 0.3) is 0 Å². The van der Waals surface area contributed by atoms with Crippen LogP contribution in [0.15, 0.2) is 12.1 Å². The van der Waals surface area contributed by atoms with E-state index in [0.29, 0.717) is 16.5 Å². The summed E-state index contributed by atoms with van der Waals surface area (Å²) in [7, 11) is 1.34. The van der Waals surface area contributed by atoms with Crippen molar-refractivity contribution in [1.29, 1.82) is 5.26 Å². The molecule has 1 rings (SSSR count). The minimum Gasteiger partial charge on any atom is -0.465 e. The van der Waals surface area contributed by atoms with Crippen molar-refractivity contribution >= 4 is 21.9 Å². The second kappa shape index (κ2) is 4.94. The number of esters is 1. The molecule has 1 aromatic carbocycles. The fourth-order valence-electron chi connectivity index (χ4n) is 1.36. The van der Waals surface area contributed by atoms with Crippen molar-refractivity contribution in [1.82, 2.24) is 0 Å². The van der Waals surface area contributed by atoms with Crippen molar-refractivity contribution in [3.8, 4) is 6.07 Å². The Morgan fingerprint density at radius 1 is 1.60 bits per heavy atom. The molecule has 78 valence electrons. The van der Waals surface area contributed by atoms with Gasteiger partial charge in [0.1, 0.15) is 0 Å². The molecule has 0 spiro atoms. The second-order valence-corrected chi connectivity index (χ2v) is 3.56. The van der Waals surface area contributed by atoms with Crippen molar-refractivity contribution in [2.45, 2.75) is 12.3 Å². The Balaban J connectivity index is 3.37. The first kappa shape index (κ1) is 11.7. The van der Waals surface area contributed by atoms with Crippen LogP contribution in [-0.4, -0.2) is 13.1 Å². The smallest absolute Gasteiger partial charge is 0.338 e. The van der Waals surface area contributed by atoms with Gasteiger partial charge in [0.2, 0.25) is 0 Å². The average Bonchev–Trinajstić information content (AvgIpc) is 2.27. The van der Waals surface area contributed by atoms with Crippen LogP contribution in [-0.2, 0) is 10.1 Å². The van der Waals surface area contributed by atoms with Gasteiger partial charge < -0.3 is 4.74 Å². The maximum Gasteiger partial charge on any atom is 0.338 e. The standard InChI is InChI=1S/C11H10BrNO2/c1-7-9(11(14)15-2)4-3-8(6-13)10(7)5-12/h3-4H,5H2,1-2H3. The molecular formula is C11H10BrNO2. The van der Waals surface area contributed by atoms with E-state index in [1.165, 1.54) is 7.11 Å². The van der Waals surface area contributed by atoms with Crippen LogP contribution in [0.2, 0.25) is 0 Å². The fourth-order valence-corrected chi connectivity index (χ4v) is 2.09. The topological polar surface area (TPSA) is 50.1 Å². The van der Waals surface area contributed by atoms with E-state index in [1.807, 2.05) is 6.92 Å². The molecule has 0 atom stereocenters. The molecule has 1 aromatic rings. The van der Waals surface area contributed by atoms with Crippen LogP contribution in [0.3, 0.4) is 0 Å². The van der Waals surface area contributed by atoms with Gasteiger partial charge in [-0.3, -0.25) is 0 Å². The van der Waals surface area contributed by atoms with Gasteiger partial charge in [0, 0.05) is 5.33 Å². The highest BCUT2D eigenvalue weighted by Crippen LogP contribution is 2.21. The van der Waals surface area contributed by atoms with Gasteiger partial charge in [-0.25, -0.2) is 4.79 Å². The summed E-state index contributed by atoms with van der Waals surface area (Å²) in [5.41, 5.74) is 2.71. The van der Waals surface area contributed by atoms with Gasteiger partial charge in [-0.1, -0.05) is 15.9 Å². The van der Waals surface area contributed by atoms with E-state index in [9.17, 15) is 4.79 Å². The summed E-state index contributed by atoms with van der Waals surface area (Å²) in [5, 5.41) is 9.42. The molecule has 0 N–H and O–H groups in total. The van der Waals surface area contributed by atoms with Crippen LogP contribution in [0.5, 0.6) is 0 Å². The predicted octanol–water partition coefficient (Wildman–Crippen LogP) is 2.55. The van der Waals surface area contributed by atoms with Crippen LogP contribution < -0.4 is 0 Å². The molecule has 0 heterocycles. The highest BCUT2D eigenvalue weighted by Gasteiger charge is 2.14. The van der Waals surface area contributed by atoms with Crippen LogP contribution in [0.4, 0.5) is 0 Å². The summed E-state index contributed by atoms with van der Waals surface area (Å²) >= 11 is 3.30. The number of rotatable bonds is 2. The zero-order valence-electron chi connectivity index (χ0n) is 8.50. The lowest BCUT2D eigenvalue weighted by Gasteiger charge is -2.09. The molecular weight excluding hydrogens is 258 g/mol. The van der Waals surface area contributed by atoms with E-state index in [4.69, 9.17) is 5.26 Å². The third-order valence-electron chi connectivity index (χ3n) is 2.26. The number of nitrogens with zero attached hydrogens (tertiary/aromatic N) is 1. The molecule has 0 aliphatic carbocycles. The van der Waals surface area contributed by atoms with E-state index < -0.39 is 0 Å². The van der Waals surface area contributed by atoms with Gasteiger partial charge >= 0.3 is 5.97 Å². The lowest BCUT2D eigenvalue weighted by molar-refractivity contribution is 0.0600. The van der Waals surface area contributed by atoms with Crippen molar-refractivity contribution in [2.75, 3.05) is 7.11 Å². The highest BCUT2D eigenvalue weighted by atomic mass is 79.9. The van der Waals surface area contributed by atoms with E-state index in [0.717, 1.165) is 11.1 Å². The third-order valence-corrected chi connectivity index (χ3v) is 2.82. The van der Waals surface area contributed by atoms with Gasteiger partial charge in [-0.05, 0) is 30.2 Å². The summed E-state index contributed by atoms with van der Waals surface area (Å²) in [6.45, 7) is 1.81. The van der Waals surface area contributed by atoms with Gasteiger partial charge in [0.15, 0.2) is 0 Å². The predicted molar refractivity (Wildman–Crippen MR) is 59.9 cm³/mol. The number of hydrogen-bond donors (Lipinski definition) is 0. The Bertz CT molecular complexity index is 435. The first-order valence-electron chi connectivity index (χ1n) is 4.32. The van der Waals surface area contributed by atoms with Gasteiger partial charge in [0.25, 0.3) is 0 Å². The Morgan fingerprint density at radius 2 is 2.27 bits per heavy atom. The van der Waals surface area contributed by atoms with Crippen molar-refractivity contribution in [3.05, 3.63) is 34.4 Å². The summed E-state index contributed by atoms with van der Waals surface area (Å²) in [5.74, 6) is -0.376. The number of nitriles is 1. The van der Waals surface area contributed by atoms with Crippen LogP contribution >= 0.6 is 15.9 Å². The molecule has 3 nitrogen and oxygen atoms in total. The van der Waals surface area contributed by atoms with Gasteiger partial charge in [-0.15, -0.1) is 0 Å². The summed E-state index contributed by atoms with van der Waals surface area (Å²) in [6.07, 6.45) is 0. The number of methoxy groups -OCH3 is 1. The zero-order chi connectivity index (χ0) is 11.4. The number of carbonyl (C=O) groups excluding carboxylic acids is 1. The van der Waals surface area contributed by atoms with Gasteiger partial charge in [0.05, 0.1) is 24.3 Å². The van der Waals surface area contributed by atoms with E-state index >= 15 is 0 Å². The molecule has 0 unspecified atom stereocenters. The zero-order valence-corrected chi connectivity index (χ0v) is 10.1. The molecule has 0 aromatic heterocycles. The van der Waals surface area contributed by atoms with E-state index in [-0.39, 0.29) is 5.97 Å². The lowest BCUT2D eigenvalue weighted by atomic mass is 9.99. The quantitative estimate of drug-likeness (QED) is 0.611. The Morgan fingerprint density at radius 3 is 2.73 bits per heavy atom. The first-order valence-corrected chi connectivity index (χ1v) is 5.44. The molecule has 0 saturated carbocycles. The molecule has 0 fully saturated rings. The largest absolute Gasteiger partial charge is 0.465 e. The number of benzene rings is 1. The minimum absolute atomic E-state index is 0.376. The summed E-state index contributed by atoms with van der Waals surface area (Å²) in [6, 6.07) is 5.34. The number of ether oxygens (including phenoxy) is 1. The monoisotopic (exact) mass is 267 g/mol. The molecule has 0 aliphatic rings. The molecule has 0 amide bonds.